The largest absolute Gasteiger partial charge is 0.309 e. The molecule has 0 aliphatic carbocycles. The van der Waals surface area contributed by atoms with Crippen LogP contribution < -0.4 is 0 Å². The zero-order valence-electron chi connectivity index (χ0n) is 46.9. The number of hydrogen-bond donors (Lipinski definition) is 0. The summed E-state index contributed by atoms with van der Waals surface area (Å²) < 4.78 is 7.51. The van der Waals surface area contributed by atoms with E-state index in [-0.39, 0.29) is 0 Å². The monoisotopic (exact) mass is 1000 g/mol. The van der Waals surface area contributed by atoms with Crippen molar-refractivity contribution in [1.82, 2.24) is 28.7 Å². The van der Waals surface area contributed by atoms with Crippen molar-refractivity contribution < 1.29 is 0 Å². The third-order valence-corrected chi connectivity index (χ3v) is 17.5. The van der Waals surface area contributed by atoms with Gasteiger partial charge in [0.05, 0.1) is 38.8 Å². The third-order valence-electron chi connectivity index (χ3n) is 17.5. The van der Waals surface area contributed by atoms with Gasteiger partial charge in [-0.1, -0.05) is 70.8 Å². The maximum Gasteiger partial charge on any atom is 0.163 e. The van der Waals surface area contributed by atoms with Crippen LogP contribution in [0.5, 0.6) is 0 Å². The lowest BCUT2D eigenvalue weighted by molar-refractivity contribution is 0.928. The number of benzene rings is 9. The molecule has 13 aromatic rings. The Bertz CT molecular complexity index is 4280. The van der Waals surface area contributed by atoms with Gasteiger partial charge in [0.2, 0.25) is 0 Å². The zero-order valence-corrected chi connectivity index (χ0v) is 46.9. The Balaban J connectivity index is 1.15. The lowest BCUT2D eigenvalue weighted by atomic mass is 9.90. The average Bonchev–Trinajstić information content (AvgIpc) is 4.09. The van der Waals surface area contributed by atoms with E-state index in [9.17, 15) is 0 Å². The molecule has 0 N–H and O–H groups in total. The number of aryl methyl sites for hydroxylation is 10. The van der Waals surface area contributed by atoms with Crippen molar-refractivity contribution in [1.29, 1.82) is 0 Å². The number of fused-ring (bicyclic) bond motifs is 9. The molecule has 0 saturated heterocycles. The van der Waals surface area contributed by atoms with Crippen molar-refractivity contribution in [2.75, 3.05) is 0 Å². The van der Waals surface area contributed by atoms with Crippen molar-refractivity contribution in [3.63, 3.8) is 0 Å². The Hall–Kier alpha value is -8.61. The maximum absolute atomic E-state index is 5.06. The van der Waals surface area contributed by atoms with E-state index in [1.165, 1.54) is 132 Å². The van der Waals surface area contributed by atoms with E-state index in [4.69, 9.17) is 9.97 Å². The van der Waals surface area contributed by atoms with Crippen molar-refractivity contribution in [3.05, 3.63) is 212 Å². The molecule has 6 nitrogen and oxygen atoms in total. The molecule has 77 heavy (non-hydrogen) atoms. The molecule has 0 radical (unpaired) electrons. The molecule has 6 heteroatoms. The lowest BCUT2D eigenvalue weighted by Crippen LogP contribution is -2.06. The highest BCUT2D eigenvalue weighted by molar-refractivity contribution is 6.17. The van der Waals surface area contributed by atoms with Crippen molar-refractivity contribution >= 4 is 65.4 Å². The van der Waals surface area contributed by atoms with Crippen LogP contribution in [-0.2, 0) is 0 Å². The topological polar surface area (TPSA) is 53.5 Å². The van der Waals surface area contributed by atoms with Crippen LogP contribution in [0.2, 0.25) is 0 Å². The molecule has 13 rings (SSSR count). The van der Waals surface area contributed by atoms with Gasteiger partial charge < -0.3 is 13.7 Å². The van der Waals surface area contributed by atoms with Crippen molar-refractivity contribution in [2.24, 2.45) is 0 Å². The molecule has 0 fully saturated rings. The molecular formula is C71H64N6. The average molecular weight is 1000 g/mol. The Labute approximate surface area is 451 Å². The molecule has 0 amide bonds. The minimum atomic E-state index is 0.656. The van der Waals surface area contributed by atoms with Gasteiger partial charge in [-0.25, -0.2) is 15.0 Å². The second-order valence-corrected chi connectivity index (χ2v) is 22.3. The molecule has 0 saturated carbocycles. The van der Waals surface area contributed by atoms with E-state index >= 15 is 0 Å². The zero-order chi connectivity index (χ0) is 53.6. The SMILES string of the molecule is Cc1ccc2c(c1)c1cc(C)ccc1n2-c1ccc(-c2cc(-c3nc(C)nc(C)n3)cc(-c3ccc(-n4c5ccc(C)cc5c5cc(C)ccc54)cc3)c2-n2c3c(C)c(C)c(C)c(C)c3c3c(C)c(C)c(C)c(C)c32)cc1. The number of nitrogens with zero attached hydrogens (tertiary/aromatic N) is 6. The number of aromatic nitrogens is 6. The maximum atomic E-state index is 5.06. The van der Waals surface area contributed by atoms with Crippen LogP contribution in [0.15, 0.2) is 133 Å². The summed E-state index contributed by atoms with van der Waals surface area (Å²) in [6.07, 6.45) is 0. The van der Waals surface area contributed by atoms with Crippen LogP contribution in [0.4, 0.5) is 0 Å². The predicted molar refractivity (Wildman–Crippen MR) is 325 cm³/mol. The molecule has 0 spiro atoms. The molecule has 9 aromatic carbocycles. The van der Waals surface area contributed by atoms with E-state index in [0.717, 1.165) is 44.9 Å². The molecule has 378 valence electrons. The summed E-state index contributed by atoms with van der Waals surface area (Å²) in [6, 6.07) is 50.6. The highest BCUT2D eigenvalue weighted by Crippen LogP contribution is 2.49. The Morgan fingerprint density at radius 3 is 0.948 bits per heavy atom. The van der Waals surface area contributed by atoms with Gasteiger partial charge in [0.15, 0.2) is 5.82 Å². The quantitative estimate of drug-likeness (QED) is 0.167. The van der Waals surface area contributed by atoms with Crippen LogP contribution in [0.1, 0.15) is 78.4 Å². The van der Waals surface area contributed by atoms with Gasteiger partial charge >= 0.3 is 0 Å². The minimum absolute atomic E-state index is 0.656. The fraction of sp³-hybridized carbons (Fsp3) is 0.197. The second-order valence-electron chi connectivity index (χ2n) is 22.3. The van der Waals surface area contributed by atoms with Crippen LogP contribution in [0.3, 0.4) is 0 Å². The van der Waals surface area contributed by atoms with Crippen LogP contribution in [-0.4, -0.2) is 28.7 Å². The Morgan fingerprint density at radius 1 is 0.286 bits per heavy atom. The molecule has 0 aliphatic rings. The van der Waals surface area contributed by atoms with Crippen LogP contribution in [0, 0.1) is 96.9 Å². The van der Waals surface area contributed by atoms with Gasteiger partial charge in [0.25, 0.3) is 0 Å². The highest BCUT2D eigenvalue weighted by atomic mass is 15.0. The summed E-state index contributed by atoms with van der Waals surface area (Å²) in [7, 11) is 0. The van der Waals surface area contributed by atoms with E-state index in [1.807, 2.05) is 13.8 Å². The normalized spacial score (nSPS) is 12.0. The summed E-state index contributed by atoms with van der Waals surface area (Å²) in [5, 5.41) is 7.72. The smallest absolute Gasteiger partial charge is 0.163 e. The number of hydrogen-bond acceptors (Lipinski definition) is 3. The lowest BCUT2D eigenvalue weighted by Gasteiger charge is -2.23. The molecule has 0 bridgehead atoms. The molecule has 0 aliphatic heterocycles. The van der Waals surface area contributed by atoms with Gasteiger partial charge in [0, 0.05) is 60.4 Å². The first-order valence-corrected chi connectivity index (χ1v) is 27.1. The predicted octanol–water partition coefficient (Wildman–Crippen LogP) is 18.5. The fourth-order valence-corrected chi connectivity index (χ4v) is 12.9. The summed E-state index contributed by atoms with van der Waals surface area (Å²) in [5.74, 6) is 2.04. The van der Waals surface area contributed by atoms with Crippen molar-refractivity contribution in [3.8, 4) is 50.7 Å². The van der Waals surface area contributed by atoms with Gasteiger partial charge in [0.1, 0.15) is 11.6 Å². The fourth-order valence-electron chi connectivity index (χ4n) is 12.9. The first-order chi connectivity index (χ1) is 37.0. The summed E-state index contributed by atoms with van der Waals surface area (Å²) >= 11 is 0. The van der Waals surface area contributed by atoms with Gasteiger partial charge in [-0.2, -0.15) is 0 Å². The molecular weight excluding hydrogens is 937 g/mol. The van der Waals surface area contributed by atoms with Gasteiger partial charge in [-0.05, 0) is 237 Å². The summed E-state index contributed by atoms with van der Waals surface area (Å²) in [6.45, 7) is 31.2. The van der Waals surface area contributed by atoms with Gasteiger partial charge in [-0.3, -0.25) is 0 Å². The second kappa shape index (κ2) is 17.5. The van der Waals surface area contributed by atoms with E-state index in [0.29, 0.717) is 17.5 Å². The molecule has 4 aromatic heterocycles. The Morgan fingerprint density at radius 2 is 0.610 bits per heavy atom. The molecule has 0 unspecified atom stereocenters. The summed E-state index contributed by atoms with van der Waals surface area (Å²) in [4.78, 5) is 14.8. The summed E-state index contributed by atoms with van der Waals surface area (Å²) in [5.41, 5.74) is 31.5. The minimum Gasteiger partial charge on any atom is -0.309 e. The van der Waals surface area contributed by atoms with Crippen molar-refractivity contribution in [2.45, 2.75) is 96.9 Å². The first kappa shape index (κ1) is 48.1. The van der Waals surface area contributed by atoms with E-state index in [2.05, 4.69) is 235 Å². The standard InChI is InChI=1S/C71H64N6/c1-37-15-27-62-58(31-37)59-32-38(2)16-28-63(59)75(62)54-23-19-51(20-24-54)56-35-53(71-73-49(13)72-50(14)74-71)36-57(52-21-25-55(26-22-52)76-64-29-17-39(3)33-60(64)61-34-40(4)18-30-65(61)76)70(56)77-68-47(11)43(7)41(5)45(9)66(68)67-46(10)42(6)44(8)48(12)69(67)77/h15-36H,1-14H3. The van der Waals surface area contributed by atoms with Crippen LogP contribution >= 0.6 is 0 Å². The number of rotatable bonds is 6. The first-order valence-electron chi connectivity index (χ1n) is 27.1. The highest BCUT2D eigenvalue weighted by Gasteiger charge is 2.29. The Kier molecular flexibility index (Phi) is 10.9. The molecule has 4 heterocycles. The molecule has 0 atom stereocenters. The third kappa shape index (κ3) is 7.25. The van der Waals surface area contributed by atoms with Crippen LogP contribution in [0.25, 0.3) is 116 Å². The van der Waals surface area contributed by atoms with E-state index < -0.39 is 0 Å². The van der Waals surface area contributed by atoms with Gasteiger partial charge in [-0.15, -0.1) is 0 Å². The van der Waals surface area contributed by atoms with E-state index in [1.54, 1.807) is 0 Å².